The molecular formula is C27H28N6O2. The molecule has 35 heavy (non-hydrogen) atoms. The van der Waals surface area contributed by atoms with Gasteiger partial charge in [0.2, 0.25) is 0 Å². The highest BCUT2D eigenvalue weighted by Gasteiger charge is 2.43. The average molecular weight is 469 g/mol. The number of rotatable bonds is 5. The van der Waals surface area contributed by atoms with E-state index < -0.39 is 0 Å². The summed E-state index contributed by atoms with van der Waals surface area (Å²) < 4.78 is 1.58. The molecule has 4 aromatic rings. The van der Waals surface area contributed by atoms with Crippen molar-refractivity contribution < 1.29 is 9.59 Å². The topological polar surface area (TPSA) is 95.9 Å². The van der Waals surface area contributed by atoms with E-state index in [4.69, 9.17) is 0 Å². The van der Waals surface area contributed by atoms with E-state index in [0.29, 0.717) is 22.9 Å². The number of para-hydroxylation sites is 1. The summed E-state index contributed by atoms with van der Waals surface area (Å²) in [6, 6.07) is 13.7. The van der Waals surface area contributed by atoms with Crippen molar-refractivity contribution in [1.29, 1.82) is 0 Å². The summed E-state index contributed by atoms with van der Waals surface area (Å²) in [6.07, 6.45) is 10.7. The van der Waals surface area contributed by atoms with Crippen molar-refractivity contribution in [2.45, 2.75) is 44.2 Å². The number of H-pyrrole nitrogens is 1. The number of aromatic nitrogens is 4. The molecule has 5 heterocycles. The largest absolute Gasteiger partial charge is 0.346 e. The molecule has 178 valence electrons. The molecule has 6 rings (SSSR count). The Morgan fingerprint density at radius 3 is 2.69 bits per heavy atom. The normalized spacial score (nSPS) is 21.4. The molecule has 2 atom stereocenters. The number of hydrogen-bond donors (Lipinski definition) is 2. The second kappa shape index (κ2) is 8.69. The molecule has 2 aliphatic rings. The van der Waals surface area contributed by atoms with Crippen LogP contribution in [0.5, 0.6) is 0 Å². The van der Waals surface area contributed by atoms with Crippen LogP contribution in [0.4, 0.5) is 5.69 Å². The van der Waals surface area contributed by atoms with E-state index in [2.05, 4.69) is 37.4 Å². The van der Waals surface area contributed by atoms with Crippen LogP contribution in [0, 0.1) is 5.92 Å². The molecule has 2 bridgehead atoms. The lowest BCUT2D eigenvalue weighted by atomic mass is 9.85. The number of carbonyl (C=O) groups is 2. The number of pyridine rings is 1. The second-order valence-electron chi connectivity index (χ2n) is 9.77. The third kappa shape index (κ3) is 4.09. The van der Waals surface area contributed by atoms with Gasteiger partial charge in [-0.05, 0) is 73.9 Å². The molecule has 0 unspecified atom stereocenters. The van der Waals surface area contributed by atoms with Crippen molar-refractivity contribution in [2.24, 2.45) is 13.0 Å². The lowest BCUT2D eigenvalue weighted by molar-refractivity contribution is 0.0525. The maximum atomic E-state index is 13.7. The molecule has 3 aromatic heterocycles. The summed E-state index contributed by atoms with van der Waals surface area (Å²) >= 11 is 0. The monoisotopic (exact) mass is 468 g/mol. The summed E-state index contributed by atoms with van der Waals surface area (Å²) in [5, 5.41) is 8.20. The first-order chi connectivity index (χ1) is 17.0. The Morgan fingerprint density at radius 1 is 1.11 bits per heavy atom. The van der Waals surface area contributed by atoms with Crippen LogP contribution in [0.15, 0.2) is 61.1 Å². The minimum atomic E-state index is -0.319. The zero-order valence-corrected chi connectivity index (χ0v) is 19.6. The van der Waals surface area contributed by atoms with Crippen LogP contribution in [0.25, 0.3) is 11.0 Å². The number of hydrogen-bond acceptors (Lipinski definition) is 4. The number of aromatic amines is 1. The molecule has 2 amide bonds. The van der Waals surface area contributed by atoms with Crippen LogP contribution in [0.3, 0.4) is 0 Å². The van der Waals surface area contributed by atoms with Gasteiger partial charge in [-0.1, -0.05) is 12.1 Å². The van der Waals surface area contributed by atoms with Crippen LogP contribution in [-0.4, -0.2) is 48.5 Å². The molecule has 0 spiro atoms. The summed E-state index contributed by atoms with van der Waals surface area (Å²) in [4.78, 5) is 36.2. The van der Waals surface area contributed by atoms with Crippen LogP contribution < -0.4 is 5.32 Å². The smallest absolute Gasteiger partial charge is 0.276 e. The van der Waals surface area contributed by atoms with Crippen molar-refractivity contribution >= 4 is 28.5 Å². The number of fused-ring (bicyclic) bond motifs is 3. The van der Waals surface area contributed by atoms with Crippen molar-refractivity contribution in [3.63, 3.8) is 0 Å². The third-order valence-electron chi connectivity index (χ3n) is 7.40. The standard InChI is InChI=1S/C27H28N6O2/c1-32-11-9-24(31-32)26(34)30-23-5-3-2-4-22(23)27(35)33-20-6-7-21(33)15-17(14-20)12-18-13-19-8-10-28-25(19)29-16-18/h2-5,8-11,13,16-17,20-21H,6-7,12,14-15H2,1H3,(H,28,29)(H,30,34)/t20-,21-/m0/s1. The van der Waals surface area contributed by atoms with Gasteiger partial charge in [-0.3, -0.25) is 14.3 Å². The van der Waals surface area contributed by atoms with E-state index in [1.165, 1.54) is 5.56 Å². The number of carbonyl (C=O) groups excluding carboxylic acids is 2. The first-order valence-corrected chi connectivity index (χ1v) is 12.2. The van der Waals surface area contributed by atoms with Crippen molar-refractivity contribution in [1.82, 2.24) is 24.6 Å². The van der Waals surface area contributed by atoms with E-state index in [-0.39, 0.29) is 23.9 Å². The maximum Gasteiger partial charge on any atom is 0.276 e. The number of piperidine rings is 1. The van der Waals surface area contributed by atoms with Gasteiger partial charge in [-0.15, -0.1) is 0 Å². The van der Waals surface area contributed by atoms with E-state index in [1.807, 2.05) is 24.5 Å². The Balaban J connectivity index is 1.17. The fraction of sp³-hybridized carbons (Fsp3) is 0.333. The van der Waals surface area contributed by atoms with Gasteiger partial charge in [0.05, 0.1) is 11.3 Å². The predicted molar refractivity (Wildman–Crippen MR) is 133 cm³/mol. The number of nitrogens with zero attached hydrogens (tertiary/aromatic N) is 4. The molecule has 0 radical (unpaired) electrons. The molecule has 2 saturated heterocycles. The number of aryl methyl sites for hydroxylation is 1. The predicted octanol–water partition coefficient (Wildman–Crippen LogP) is 4.17. The summed E-state index contributed by atoms with van der Waals surface area (Å²) in [5.74, 6) is 0.220. The SMILES string of the molecule is Cn1ccc(C(=O)Nc2ccccc2C(=O)N2[C@H]3CC[C@H]2CC(Cc2cnc4[nH]ccc4c2)C3)n1. The minimum Gasteiger partial charge on any atom is -0.346 e. The van der Waals surface area contributed by atoms with E-state index in [9.17, 15) is 9.59 Å². The van der Waals surface area contributed by atoms with Crippen LogP contribution >= 0.6 is 0 Å². The molecule has 1 aromatic carbocycles. The quantitative estimate of drug-likeness (QED) is 0.459. The first-order valence-electron chi connectivity index (χ1n) is 12.2. The fourth-order valence-electron chi connectivity index (χ4n) is 5.86. The minimum absolute atomic E-state index is 0.00304. The van der Waals surface area contributed by atoms with Gasteiger partial charge in [0.1, 0.15) is 5.65 Å². The Bertz CT molecular complexity index is 1390. The fourth-order valence-corrected chi connectivity index (χ4v) is 5.86. The molecule has 2 aliphatic heterocycles. The zero-order valence-electron chi connectivity index (χ0n) is 19.6. The van der Waals surface area contributed by atoms with Crippen molar-refractivity contribution in [3.05, 3.63) is 77.9 Å². The molecule has 8 nitrogen and oxygen atoms in total. The second-order valence-corrected chi connectivity index (χ2v) is 9.77. The van der Waals surface area contributed by atoms with Gasteiger partial charge in [-0.25, -0.2) is 4.98 Å². The molecule has 0 saturated carbocycles. The number of nitrogens with one attached hydrogen (secondary N) is 2. The lowest BCUT2D eigenvalue weighted by Crippen LogP contribution is -2.47. The van der Waals surface area contributed by atoms with Crippen molar-refractivity contribution in [3.8, 4) is 0 Å². The first kappa shape index (κ1) is 21.6. The molecule has 2 N–H and O–H groups in total. The zero-order chi connectivity index (χ0) is 23.9. The van der Waals surface area contributed by atoms with E-state index in [1.54, 1.807) is 36.1 Å². The lowest BCUT2D eigenvalue weighted by Gasteiger charge is -2.39. The highest BCUT2D eigenvalue weighted by atomic mass is 16.2. The molecule has 0 aliphatic carbocycles. The van der Waals surface area contributed by atoms with Gasteiger partial charge >= 0.3 is 0 Å². The van der Waals surface area contributed by atoms with Gasteiger partial charge in [-0.2, -0.15) is 5.10 Å². The Labute approximate surface area is 203 Å². The van der Waals surface area contributed by atoms with Gasteiger partial charge < -0.3 is 15.2 Å². The number of amides is 2. The summed E-state index contributed by atoms with van der Waals surface area (Å²) in [7, 11) is 1.77. The molecular weight excluding hydrogens is 440 g/mol. The third-order valence-corrected chi connectivity index (χ3v) is 7.40. The summed E-state index contributed by atoms with van der Waals surface area (Å²) in [5.41, 5.74) is 3.56. The average Bonchev–Trinajstić information content (AvgIpc) is 3.56. The van der Waals surface area contributed by atoms with Gasteiger partial charge in [0.25, 0.3) is 11.8 Å². The number of anilines is 1. The molecule has 2 fully saturated rings. The molecule has 8 heteroatoms. The number of benzene rings is 1. The van der Waals surface area contributed by atoms with E-state index >= 15 is 0 Å². The highest BCUT2D eigenvalue weighted by Crippen LogP contribution is 2.41. The summed E-state index contributed by atoms with van der Waals surface area (Å²) in [6.45, 7) is 0. The van der Waals surface area contributed by atoms with Gasteiger partial charge in [0, 0.05) is 43.1 Å². The van der Waals surface area contributed by atoms with Gasteiger partial charge in [0.15, 0.2) is 5.69 Å². The van der Waals surface area contributed by atoms with Crippen LogP contribution in [-0.2, 0) is 13.5 Å². The van der Waals surface area contributed by atoms with E-state index in [0.717, 1.165) is 43.1 Å². The Hall–Kier alpha value is -3.94. The van der Waals surface area contributed by atoms with Crippen molar-refractivity contribution in [2.75, 3.05) is 5.32 Å². The van der Waals surface area contributed by atoms with Crippen LogP contribution in [0.2, 0.25) is 0 Å². The Kier molecular flexibility index (Phi) is 5.36. The Morgan fingerprint density at radius 2 is 1.91 bits per heavy atom. The maximum absolute atomic E-state index is 13.7. The highest BCUT2D eigenvalue weighted by molar-refractivity contribution is 6.08. The van der Waals surface area contributed by atoms with Crippen LogP contribution in [0.1, 0.15) is 52.1 Å².